The van der Waals surface area contributed by atoms with Gasteiger partial charge < -0.3 is 18.8 Å². The second-order valence-corrected chi connectivity index (χ2v) is 9.14. The smallest absolute Gasteiger partial charge is 0.254 e. The van der Waals surface area contributed by atoms with Gasteiger partial charge in [-0.2, -0.15) is 0 Å². The lowest BCUT2D eigenvalue weighted by atomic mass is 10.2. The van der Waals surface area contributed by atoms with Crippen molar-refractivity contribution in [2.45, 2.75) is 13.5 Å². The van der Waals surface area contributed by atoms with Crippen molar-refractivity contribution in [1.29, 1.82) is 0 Å². The molecule has 5 rings (SSSR count). The zero-order chi connectivity index (χ0) is 28.6. The number of ether oxygens (including phenoxy) is 2. The standard InChI is InChI=1S/C32H30N4O5/c1-3-40-27-15-8-13-25(19-27)36-21-29(23-10-5-4-6-11-23)33-32(36)34-30(37)22-35(20-28-16-9-17-41-28)31(38)24-12-7-14-26(18-24)39-2/h4-19,21H,3,20,22H2,1-2H3,(H,33,34,37). The first-order valence-electron chi connectivity index (χ1n) is 13.2. The molecule has 0 radical (unpaired) electrons. The van der Waals surface area contributed by atoms with E-state index in [0.29, 0.717) is 41.1 Å². The molecule has 0 spiro atoms. The lowest BCUT2D eigenvalue weighted by Crippen LogP contribution is -2.37. The number of carbonyl (C=O) groups excluding carboxylic acids is 2. The Kier molecular flexibility index (Phi) is 8.44. The van der Waals surface area contributed by atoms with E-state index in [0.717, 1.165) is 11.3 Å². The average Bonchev–Trinajstić information content (AvgIpc) is 3.67. The van der Waals surface area contributed by atoms with Gasteiger partial charge in [-0.1, -0.05) is 42.5 Å². The summed E-state index contributed by atoms with van der Waals surface area (Å²) in [4.78, 5) is 33.1. The van der Waals surface area contributed by atoms with E-state index < -0.39 is 5.91 Å². The summed E-state index contributed by atoms with van der Waals surface area (Å²) in [5.74, 6) is 1.35. The highest BCUT2D eigenvalue weighted by Crippen LogP contribution is 2.26. The van der Waals surface area contributed by atoms with Crippen molar-refractivity contribution in [2.75, 3.05) is 25.6 Å². The van der Waals surface area contributed by atoms with Gasteiger partial charge in [-0.05, 0) is 49.4 Å². The summed E-state index contributed by atoms with van der Waals surface area (Å²) in [5.41, 5.74) is 2.74. The van der Waals surface area contributed by atoms with Gasteiger partial charge in [0, 0.05) is 23.4 Å². The molecular weight excluding hydrogens is 520 g/mol. The molecule has 3 aromatic carbocycles. The van der Waals surface area contributed by atoms with Crippen LogP contribution in [0.25, 0.3) is 16.9 Å². The number of methoxy groups -OCH3 is 1. The lowest BCUT2D eigenvalue weighted by molar-refractivity contribution is -0.117. The van der Waals surface area contributed by atoms with Crippen LogP contribution >= 0.6 is 0 Å². The Labute approximate surface area is 238 Å². The molecule has 9 heteroatoms. The number of aromatic nitrogens is 2. The van der Waals surface area contributed by atoms with Crippen molar-refractivity contribution >= 4 is 17.8 Å². The van der Waals surface area contributed by atoms with Crippen molar-refractivity contribution in [2.24, 2.45) is 0 Å². The first kappa shape index (κ1) is 27.3. The molecule has 208 valence electrons. The van der Waals surface area contributed by atoms with Crippen molar-refractivity contribution in [3.8, 4) is 28.4 Å². The molecule has 0 saturated carbocycles. The molecule has 1 N–H and O–H groups in total. The number of carbonyl (C=O) groups is 2. The van der Waals surface area contributed by atoms with Gasteiger partial charge in [0.2, 0.25) is 11.9 Å². The fourth-order valence-electron chi connectivity index (χ4n) is 4.37. The van der Waals surface area contributed by atoms with E-state index in [4.69, 9.17) is 18.9 Å². The summed E-state index contributed by atoms with van der Waals surface area (Å²) in [7, 11) is 1.54. The SMILES string of the molecule is CCOc1cccc(-n2cc(-c3ccccc3)nc2NC(=O)CN(Cc2ccco2)C(=O)c2cccc(OC)c2)c1. The van der Waals surface area contributed by atoms with Crippen LogP contribution < -0.4 is 14.8 Å². The van der Waals surface area contributed by atoms with Gasteiger partial charge >= 0.3 is 0 Å². The Morgan fingerprint density at radius 3 is 2.51 bits per heavy atom. The Hall–Kier alpha value is -5.31. The van der Waals surface area contributed by atoms with Crippen LogP contribution in [-0.4, -0.2) is 46.5 Å². The Morgan fingerprint density at radius 2 is 1.76 bits per heavy atom. The molecule has 0 bridgehead atoms. The van der Waals surface area contributed by atoms with E-state index in [1.807, 2.05) is 67.7 Å². The zero-order valence-corrected chi connectivity index (χ0v) is 22.8. The second kappa shape index (κ2) is 12.7. The van der Waals surface area contributed by atoms with E-state index in [9.17, 15) is 9.59 Å². The van der Waals surface area contributed by atoms with Gasteiger partial charge in [0.15, 0.2) is 0 Å². The van der Waals surface area contributed by atoms with Crippen LogP contribution in [0.15, 0.2) is 108 Å². The molecule has 0 aliphatic heterocycles. The van der Waals surface area contributed by atoms with Crippen LogP contribution in [0.1, 0.15) is 23.0 Å². The highest BCUT2D eigenvalue weighted by molar-refractivity contribution is 5.99. The van der Waals surface area contributed by atoms with Crippen LogP contribution in [0.3, 0.4) is 0 Å². The number of furan rings is 1. The van der Waals surface area contributed by atoms with E-state index in [1.54, 1.807) is 41.0 Å². The average molecular weight is 551 g/mol. The van der Waals surface area contributed by atoms with Crippen molar-refractivity contribution in [3.63, 3.8) is 0 Å². The molecule has 41 heavy (non-hydrogen) atoms. The van der Waals surface area contributed by atoms with E-state index >= 15 is 0 Å². The van der Waals surface area contributed by atoms with Gasteiger partial charge in [0.1, 0.15) is 23.8 Å². The fourth-order valence-corrected chi connectivity index (χ4v) is 4.37. The molecule has 0 atom stereocenters. The van der Waals surface area contributed by atoms with E-state index in [2.05, 4.69) is 5.32 Å². The summed E-state index contributed by atoms with van der Waals surface area (Å²) in [6.45, 7) is 2.32. The van der Waals surface area contributed by atoms with Gasteiger partial charge in [-0.3, -0.25) is 19.5 Å². The molecule has 0 saturated heterocycles. The monoisotopic (exact) mass is 550 g/mol. The number of imidazole rings is 1. The largest absolute Gasteiger partial charge is 0.497 e. The summed E-state index contributed by atoms with van der Waals surface area (Å²) in [5, 5.41) is 2.91. The lowest BCUT2D eigenvalue weighted by Gasteiger charge is -2.21. The molecule has 2 heterocycles. The Balaban J connectivity index is 1.44. The number of benzene rings is 3. The van der Waals surface area contributed by atoms with Crippen LogP contribution in [0.5, 0.6) is 11.5 Å². The van der Waals surface area contributed by atoms with Crippen molar-refractivity contribution in [3.05, 3.63) is 115 Å². The number of hydrogen-bond acceptors (Lipinski definition) is 6. The van der Waals surface area contributed by atoms with Crippen LogP contribution in [0, 0.1) is 0 Å². The number of rotatable bonds is 11. The molecule has 2 amide bonds. The fraction of sp³-hybridized carbons (Fsp3) is 0.156. The number of hydrogen-bond donors (Lipinski definition) is 1. The minimum Gasteiger partial charge on any atom is -0.497 e. The third-order valence-corrected chi connectivity index (χ3v) is 6.30. The molecule has 0 aliphatic carbocycles. The minimum absolute atomic E-state index is 0.108. The van der Waals surface area contributed by atoms with E-state index in [1.165, 1.54) is 18.3 Å². The normalized spacial score (nSPS) is 10.7. The zero-order valence-electron chi connectivity index (χ0n) is 22.8. The predicted molar refractivity (Wildman–Crippen MR) is 155 cm³/mol. The Bertz CT molecular complexity index is 1610. The maximum atomic E-state index is 13.5. The minimum atomic E-state index is -0.416. The summed E-state index contributed by atoms with van der Waals surface area (Å²) in [6, 6.07) is 27.5. The molecular formula is C32H30N4O5. The molecule has 9 nitrogen and oxygen atoms in total. The van der Waals surface area contributed by atoms with Crippen LogP contribution in [0.4, 0.5) is 5.95 Å². The first-order valence-corrected chi connectivity index (χ1v) is 13.2. The molecule has 0 aliphatic rings. The van der Waals surface area contributed by atoms with Crippen LogP contribution in [0.2, 0.25) is 0 Å². The topological polar surface area (TPSA) is 98.8 Å². The molecule has 0 unspecified atom stereocenters. The Morgan fingerprint density at radius 1 is 0.951 bits per heavy atom. The third-order valence-electron chi connectivity index (χ3n) is 6.30. The number of nitrogens with zero attached hydrogens (tertiary/aromatic N) is 3. The summed E-state index contributed by atoms with van der Waals surface area (Å²) < 4.78 is 18.2. The number of anilines is 1. The third kappa shape index (κ3) is 6.65. The van der Waals surface area contributed by atoms with Gasteiger partial charge in [-0.25, -0.2) is 4.98 Å². The molecule has 5 aromatic rings. The van der Waals surface area contributed by atoms with Gasteiger partial charge in [0.25, 0.3) is 5.91 Å². The quantitative estimate of drug-likeness (QED) is 0.223. The summed E-state index contributed by atoms with van der Waals surface area (Å²) >= 11 is 0. The van der Waals surface area contributed by atoms with Gasteiger partial charge in [0.05, 0.1) is 37.9 Å². The highest BCUT2D eigenvalue weighted by atomic mass is 16.5. The summed E-state index contributed by atoms with van der Waals surface area (Å²) in [6.07, 6.45) is 3.39. The molecule has 2 aromatic heterocycles. The number of nitrogens with one attached hydrogen (secondary N) is 1. The predicted octanol–water partition coefficient (Wildman–Crippen LogP) is 5.82. The van der Waals surface area contributed by atoms with Crippen molar-refractivity contribution < 1.29 is 23.5 Å². The maximum absolute atomic E-state index is 13.5. The molecule has 0 fully saturated rings. The second-order valence-electron chi connectivity index (χ2n) is 9.14. The maximum Gasteiger partial charge on any atom is 0.254 e. The number of amides is 2. The highest BCUT2D eigenvalue weighted by Gasteiger charge is 2.22. The first-order chi connectivity index (χ1) is 20.0. The van der Waals surface area contributed by atoms with Crippen LogP contribution in [-0.2, 0) is 11.3 Å². The van der Waals surface area contributed by atoms with E-state index in [-0.39, 0.29) is 19.0 Å². The van der Waals surface area contributed by atoms with Gasteiger partial charge in [-0.15, -0.1) is 0 Å². The van der Waals surface area contributed by atoms with Crippen molar-refractivity contribution in [1.82, 2.24) is 14.5 Å².